The molecule has 2 heterocycles. The van der Waals surface area contributed by atoms with Crippen molar-refractivity contribution in [3.63, 3.8) is 0 Å². The van der Waals surface area contributed by atoms with Crippen LogP contribution in [0.15, 0.2) is 54.6 Å². The van der Waals surface area contributed by atoms with Crippen molar-refractivity contribution in [2.45, 2.75) is 0 Å². The van der Waals surface area contributed by atoms with E-state index in [-0.39, 0.29) is 11.6 Å². The molecule has 0 saturated heterocycles. The average molecular weight is 325 g/mol. The number of thiazole rings is 1. The van der Waals surface area contributed by atoms with Crippen LogP contribution in [0.4, 0.5) is 11.4 Å². The summed E-state index contributed by atoms with van der Waals surface area (Å²) in [6.45, 7) is 0. The van der Waals surface area contributed by atoms with E-state index in [4.69, 9.17) is 0 Å². The second-order valence-electron chi connectivity index (χ2n) is 4.41. The average Bonchev–Trinajstić information content (AvgIpc) is 3.12. The van der Waals surface area contributed by atoms with E-state index >= 15 is 0 Å². The number of anilines is 2. The Bertz CT molecular complexity index is 821. The summed E-state index contributed by atoms with van der Waals surface area (Å²) in [5.74, 6) is -0.689. The van der Waals surface area contributed by atoms with Gasteiger partial charge in [-0.3, -0.25) is 19.6 Å². The molecule has 0 aliphatic rings. The predicted molar refractivity (Wildman–Crippen MR) is 86.5 cm³/mol. The molecule has 2 aromatic heterocycles. The maximum absolute atomic E-state index is 12.1. The molecular formula is C15H11N5O2S. The van der Waals surface area contributed by atoms with E-state index in [1.165, 1.54) is 36.1 Å². The van der Waals surface area contributed by atoms with Gasteiger partial charge in [-0.25, -0.2) is 4.98 Å². The first kappa shape index (κ1) is 14.8. The van der Waals surface area contributed by atoms with E-state index < -0.39 is 5.91 Å². The molecule has 23 heavy (non-hydrogen) atoms. The van der Waals surface area contributed by atoms with Crippen LogP contribution in [-0.2, 0) is 0 Å². The highest BCUT2D eigenvalue weighted by Gasteiger charge is 2.13. The van der Waals surface area contributed by atoms with Crippen LogP contribution >= 0.6 is 11.3 Å². The fourth-order valence-corrected chi connectivity index (χ4v) is 2.33. The molecule has 3 rings (SSSR count). The van der Waals surface area contributed by atoms with E-state index in [9.17, 15) is 9.59 Å². The third kappa shape index (κ3) is 3.55. The van der Waals surface area contributed by atoms with Gasteiger partial charge >= 0.3 is 0 Å². The molecule has 114 valence electrons. The molecule has 0 fully saturated rings. The first-order valence-electron chi connectivity index (χ1n) is 6.60. The van der Waals surface area contributed by atoms with Crippen LogP contribution in [0.25, 0.3) is 0 Å². The highest BCUT2D eigenvalue weighted by atomic mass is 32.1. The monoisotopic (exact) mass is 325 g/mol. The van der Waals surface area contributed by atoms with E-state index in [1.807, 2.05) is 0 Å². The molecule has 1 aromatic carbocycles. The standard InChI is InChI=1S/C15H11N5O2S/c21-14(12-7-16-5-6-18-12)19-10-3-1-2-4-11(10)20-15(22)13-8-17-9-23-13/h1-9H,(H,19,21)(H,20,22). The zero-order valence-electron chi connectivity index (χ0n) is 11.8. The van der Waals surface area contributed by atoms with Crippen LogP contribution in [0.5, 0.6) is 0 Å². The third-order valence-electron chi connectivity index (χ3n) is 2.88. The molecule has 0 aliphatic carbocycles. The van der Waals surface area contributed by atoms with Gasteiger partial charge in [0.05, 0.1) is 29.3 Å². The van der Waals surface area contributed by atoms with Crippen molar-refractivity contribution >= 4 is 34.5 Å². The summed E-state index contributed by atoms with van der Waals surface area (Å²) in [6, 6.07) is 6.91. The first-order chi connectivity index (χ1) is 11.2. The number of amides is 2. The smallest absolute Gasteiger partial charge is 0.275 e. The fraction of sp³-hybridized carbons (Fsp3) is 0. The molecule has 0 aliphatic heterocycles. The van der Waals surface area contributed by atoms with Gasteiger partial charge in [-0.2, -0.15) is 0 Å². The van der Waals surface area contributed by atoms with Crippen molar-refractivity contribution in [1.29, 1.82) is 0 Å². The number of nitrogens with zero attached hydrogens (tertiary/aromatic N) is 3. The van der Waals surface area contributed by atoms with Crippen LogP contribution < -0.4 is 10.6 Å². The van der Waals surface area contributed by atoms with Crippen molar-refractivity contribution in [3.8, 4) is 0 Å². The van der Waals surface area contributed by atoms with Crippen molar-refractivity contribution < 1.29 is 9.59 Å². The summed E-state index contributed by atoms with van der Waals surface area (Å²) < 4.78 is 0. The van der Waals surface area contributed by atoms with Crippen LogP contribution in [0, 0.1) is 0 Å². The number of rotatable bonds is 4. The molecule has 0 bridgehead atoms. The second-order valence-corrected chi connectivity index (χ2v) is 5.30. The van der Waals surface area contributed by atoms with Crippen LogP contribution in [-0.4, -0.2) is 26.8 Å². The first-order valence-corrected chi connectivity index (χ1v) is 7.48. The van der Waals surface area contributed by atoms with Gasteiger partial charge in [-0.1, -0.05) is 12.1 Å². The summed E-state index contributed by atoms with van der Waals surface area (Å²) in [7, 11) is 0. The summed E-state index contributed by atoms with van der Waals surface area (Å²) >= 11 is 1.24. The quantitative estimate of drug-likeness (QED) is 0.768. The lowest BCUT2D eigenvalue weighted by molar-refractivity contribution is 0.101. The predicted octanol–water partition coefficient (Wildman–Crippen LogP) is 2.44. The minimum absolute atomic E-state index is 0.191. The van der Waals surface area contributed by atoms with Gasteiger partial charge in [-0.15, -0.1) is 11.3 Å². The lowest BCUT2D eigenvalue weighted by atomic mass is 10.2. The van der Waals surface area contributed by atoms with Crippen molar-refractivity contribution in [2.24, 2.45) is 0 Å². The van der Waals surface area contributed by atoms with Gasteiger partial charge in [0, 0.05) is 12.4 Å². The topological polar surface area (TPSA) is 96.9 Å². The molecule has 0 spiro atoms. The van der Waals surface area contributed by atoms with Gasteiger partial charge in [0.25, 0.3) is 11.8 Å². The summed E-state index contributed by atoms with van der Waals surface area (Å²) in [5, 5.41) is 5.46. The van der Waals surface area contributed by atoms with Gasteiger partial charge in [0.15, 0.2) is 0 Å². The number of aromatic nitrogens is 3. The number of hydrogen-bond acceptors (Lipinski definition) is 6. The lowest BCUT2D eigenvalue weighted by Gasteiger charge is -2.11. The van der Waals surface area contributed by atoms with Crippen LogP contribution in [0.1, 0.15) is 20.2 Å². The van der Waals surface area contributed by atoms with E-state index in [2.05, 4.69) is 25.6 Å². The Labute approximate surface area is 135 Å². The van der Waals surface area contributed by atoms with E-state index in [0.717, 1.165) is 0 Å². The molecular weight excluding hydrogens is 314 g/mol. The molecule has 0 atom stereocenters. The number of para-hydroxylation sites is 2. The summed E-state index contributed by atoms with van der Waals surface area (Å²) in [6.07, 6.45) is 5.78. The normalized spacial score (nSPS) is 10.1. The zero-order chi connectivity index (χ0) is 16.1. The van der Waals surface area contributed by atoms with Crippen LogP contribution in [0.3, 0.4) is 0 Å². The highest BCUT2D eigenvalue weighted by Crippen LogP contribution is 2.22. The maximum Gasteiger partial charge on any atom is 0.275 e. The van der Waals surface area contributed by atoms with Crippen LogP contribution in [0.2, 0.25) is 0 Å². The SMILES string of the molecule is O=C(Nc1ccccc1NC(=O)c1cncs1)c1cnccn1. The molecule has 8 heteroatoms. The molecule has 0 saturated carbocycles. The molecule has 0 radical (unpaired) electrons. The number of benzene rings is 1. The molecule has 3 aromatic rings. The highest BCUT2D eigenvalue weighted by molar-refractivity contribution is 7.11. The van der Waals surface area contributed by atoms with Crippen molar-refractivity contribution in [1.82, 2.24) is 15.0 Å². The summed E-state index contributed by atoms with van der Waals surface area (Å²) in [5.41, 5.74) is 2.73. The molecule has 2 N–H and O–H groups in total. The Kier molecular flexibility index (Phi) is 4.34. The fourth-order valence-electron chi connectivity index (χ4n) is 1.82. The Morgan fingerprint density at radius 1 is 0.913 bits per heavy atom. The van der Waals surface area contributed by atoms with Crippen molar-refractivity contribution in [2.75, 3.05) is 10.6 Å². The zero-order valence-corrected chi connectivity index (χ0v) is 12.6. The Morgan fingerprint density at radius 3 is 2.26 bits per heavy atom. The second kappa shape index (κ2) is 6.75. The molecule has 2 amide bonds. The maximum atomic E-state index is 12.1. The van der Waals surface area contributed by atoms with Gasteiger partial charge in [0.2, 0.25) is 0 Å². The number of hydrogen-bond donors (Lipinski definition) is 2. The lowest BCUT2D eigenvalue weighted by Crippen LogP contribution is -2.17. The Balaban J connectivity index is 1.78. The minimum Gasteiger partial charge on any atom is -0.319 e. The number of carbonyl (C=O) groups is 2. The van der Waals surface area contributed by atoms with Gasteiger partial charge in [-0.05, 0) is 12.1 Å². The summed E-state index contributed by atoms with van der Waals surface area (Å²) in [4.78, 5) is 36.4. The number of carbonyl (C=O) groups excluding carboxylic acids is 2. The van der Waals surface area contributed by atoms with Crippen molar-refractivity contribution in [3.05, 3.63) is 65.1 Å². The third-order valence-corrected chi connectivity index (χ3v) is 3.65. The van der Waals surface area contributed by atoms with E-state index in [0.29, 0.717) is 16.3 Å². The Morgan fingerprint density at radius 2 is 1.65 bits per heavy atom. The number of nitrogens with one attached hydrogen (secondary N) is 2. The van der Waals surface area contributed by atoms with Gasteiger partial charge < -0.3 is 10.6 Å². The molecule has 0 unspecified atom stereocenters. The largest absolute Gasteiger partial charge is 0.319 e. The van der Waals surface area contributed by atoms with Gasteiger partial charge in [0.1, 0.15) is 10.6 Å². The minimum atomic E-state index is -0.405. The Hall–Kier alpha value is -3.13. The molecule has 7 nitrogen and oxygen atoms in total. The van der Waals surface area contributed by atoms with E-state index in [1.54, 1.807) is 29.8 Å².